The highest BCUT2D eigenvalue weighted by Crippen LogP contribution is 2.21. The van der Waals surface area contributed by atoms with E-state index in [2.05, 4.69) is 16.3 Å². The summed E-state index contributed by atoms with van der Waals surface area (Å²) in [4.78, 5) is 11.9. The predicted molar refractivity (Wildman–Crippen MR) is 76.4 cm³/mol. The van der Waals surface area contributed by atoms with Gasteiger partial charge in [-0.15, -0.1) is 6.42 Å². The van der Waals surface area contributed by atoms with Crippen molar-refractivity contribution >= 4 is 5.91 Å². The van der Waals surface area contributed by atoms with Crippen LogP contribution in [0.4, 0.5) is 0 Å². The molecule has 5 heteroatoms. The molecule has 0 atom stereocenters. The van der Waals surface area contributed by atoms with Gasteiger partial charge in [-0.25, -0.2) is 0 Å². The Labute approximate surface area is 117 Å². The predicted octanol–water partition coefficient (Wildman–Crippen LogP) is 1.46. The first-order valence-corrected chi connectivity index (χ1v) is 6.06. The van der Waals surface area contributed by atoms with Gasteiger partial charge in [0.15, 0.2) is 0 Å². The van der Waals surface area contributed by atoms with Crippen molar-refractivity contribution in [3.8, 4) is 29.4 Å². The number of aromatic nitrogens is 2. The number of hydrogen-bond donors (Lipinski definition) is 1. The monoisotopic (exact) mass is 269 g/mol. The summed E-state index contributed by atoms with van der Waals surface area (Å²) in [5.41, 5.74) is 2.10. The molecule has 2 rings (SSSR count). The van der Waals surface area contributed by atoms with E-state index in [0.717, 1.165) is 17.0 Å². The molecule has 0 radical (unpaired) electrons. The van der Waals surface area contributed by atoms with Crippen LogP contribution in [-0.4, -0.2) is 29.3 Å². The van der Waals surface area contributed by atoms with E-state index in [-0.39, 0.29) is 12.5 Å². The van der Waals surface area contributed by atoms with Crippen LogP contribution in [0.5, 0.6) is 5.75 Å². The SMILES string of the molecule is C#CCNC(=O)c1cc(-c2ccc(OC)cc2)nn1C. The Morgan fingerprint density at radius 3 is 2.75 bits per heavy atom. The first kappa shape index (κ1) is 13.7. The van der Waals surface area contributed by atoms with Crippen molar-refractivity contribution in [1.82, 2.24) is 15.1 Å². The summed E-state index contributed by atoms with van der Waals surface area (Å²) in [6.45, 7) is 0.196. The molecule has 1 aromatic carbocycles. The number of aryl methyl sites for hydroxylation is 1. The third-order valence-electron chi connectivity index (χ3n) is 2.85. The summed E-state index contributed by atoms with van der Waals surface area (Å²) in [7, 11) is 3.33. The molecule has 0 aliphatic heterocycles. The van der Waals surface area contributed by atoms with Gasteiger partial charge in [0, 0.05) is 12.6 Å². The molecule has 1 amide bonds. The van der Waals surface area contributed by atoms with E-state index in [1.807, 2.05) is 24.3 Å². The Bertz CT molecular complexity index is 651. The van der Waals surface area contributed by atoms with E-state index < -0.39 is 0 Å². The molecule has 1 aromatic heterocycles. The summed E-state index contributed by atoms with van der Waals surface area (Å²) in [6, 6.07) is 9.21. The molecule has 102 valence electrons. The zero-order valence-corrected chi connectivity index (χ0v) is 11.4. The molecule has 0 bridgehead atoms. The molecule has 0 aliphatic carbocycles. The van der Waals surface area contributed by atoms with E-state index in [1.54, 1.807) is 20.2 Å². The van der Waals surface area contributed by atoms with E-state index in [9.17, 15) is 4.79 Å². The average molecular weight is 269 g/mol. The molecule has 0 saturated carbocycles. The first-order valence-electron chi connectivity index (χ1n) is 6.06. The minimum absolute atomic E-state index is 0.196. The smallest absolute Gasteiger partial charge is 0.270 e. The molecular formula is C15H15N3O2. The summed E-state index contributed by atoms with van der Waals surface area (Å²) < 4.78 is 6.64. The zero-order chi connectivity index (χ0) is 14.5. The molecule has 0 fully saturated rings. The number of benzene rings is 1. The van der Waals surface area contributed by atoms with Gasteiger partial charge >= 0.3 is 0 Å². The lowest BCUT2D eigenvalue weighted by Crippen LogP contribution is -2.25. The first-order chi connectivity index (χ1) is 9.65. The van der Waals surface area contributed by atoms with Gasteiger partial charge in [-0.2, -0.15) is 5.10 Å². The number of amides is 1. The van der Waals surface area contributed by atoms with Crippen LogP contribution < -0.4 is 10.1 Å². The second kappa shape index (κ2) is 5.93. The van der Waals surface area contributed by atoms with E-state index in [1.165, 1.54) is 4.68 Å². The highest BCUT2D eigenvalue weighted by Gasteiger charge is 2.13. The van der Waals surface area contributed by atoms with E-state index in [0.29, 0.717) is 5.69 Å². The van der Waals surface area contributed by atoms with Crippen molar-refractivity contribution in [3.63, 3.8) is 0 Å². The van der Waals surface area contributed by atoms with Crippen molar-refractivity contribution in [1.29, 1.82) is 0 Å². The third kappa shape index (κ3) is 2.81. The maximum Gasteiger partial charge on any atom is 0.270 e. The molecule has 2 aromatic rings. The van der Waals surface area contributed by atoms with Gasteiger partial charge in [0.05, 0.1) is 19.3 Å². The minimum Gasteiger partial charge on any atom is -0.497 e. The Hall–Kier alpha value is -2.74. The Kier molecular flexibility index (Phi) is 4.06. The molecule has 0 spiro atoms. The van der Waals surface area contributed by atoms with Crippen LogP contribution in [0.25, 0.3) is 11.3 Å². The lowest BCUT2D eigenvalue weighted by molar-refractivity contribution is 0.0949. The minimum atomic E-state index is -0.238. The zero-order valence-electron chi connectivity index (χ0n) is 11.4. The summed E-state index contributed by atoms with van der Waals surface area (Å²) in [6.07, 6.45) is 5.12. The maximum atomic E-state index is 11.9. The van der Waals surface area contributed by atoms with Crippen LogP contribution in [0.15, 0.2) is 30.3 Å². The van der Waals surface area contributed by atoms with Crippen molar-refractivity contribution in [2.24, 2.45) is 7.05 Å². The maximum absolute atomic E-state index is 11.9. The number of hydrogen-bond acceptors (Lipinski definition) is 3. The van der Waals surface area contributed by atoms with E-state index in [4.69, 9.17) is 11.2 Å². The normalized spacial score (nSPS) is 9.85. The Morgan fingerprint density at radius 2 is 2.15 bits per heavy atom. The third-order valence-corrected chi connectivity index (χ3v) is 2.85. The molecule has 1 N–H and O–H groups in total. The van der Waals surface area contributed by atoms with Gasteiger partial charge in [0.25, 0.3) is 5.91 Å². The van der Waals surface area contributed by atoms with Crippen LogP contribution >= 0.6 is 0 Å². The van der Waals surface area contributed by atoms with Gasteiger partial charge in [-0.1, -0.05) is 5.92 Å². The number of nitrogens with one attached hydrogen (secondary N) is 1. The number of nitrogens with zero attached hydrogens (tertiary/aromatic N) is 2. The summed E-state index contributed by atoms with van der Waals surface area (Å²) in [5, 5.41) is 6.95. The lowest BCUT2D eigenvalue weighted by Gasteiger charge is -2.00. The summed E-state index contributed by atoms with van der Waals surface area (Å²) in [5.74, 6) is 2.90. The number of rotatable bonds is 4. The molecule has 5 nitrogen and oxygen atoms in total. The van der Waals surface area contributed by atoms with Crippen LogP contribution in [0.2, 0.25) is 0 Å². The fourth-order valence-electron chi connectivity index (χ4n) is 1.80. The van der Waals surface area contributed by atoms with Crippen molar-refractivity contribution in [2.45, 2.75) is 0 Å². The van der Waals surface area contributed by atoms with Crippen LogP contribution in [0.1, 0.15) is 10.5 Å². The second-order valence-corrected chi connectivity index (χ2v) is 4.15. The average Bonchev–Trinajstić information content (AvgIpc) is 2.87. The van der Waals surface area contributed by atoms with Crippen LogP contribution in [0, 0.1) is 12.3 Å². The number of carbonyl (C=O) groups is 1. The fourth-order valence-corrected chi connectivity index (χ4v) is 1.80. The summed E-state index contributed by atoms with van der Waals surface area (Å²) >= 11 is 0. The molecular weight excluding hydrogens is 254 g/mol. The van der Waals surface area contributed by atoms with Gasteiger partial charge in [0.2, 0.25) is 0 Å². The molecule has 0 aliphatic rings. The van der Waals surface area contributed by atoms with Crippen molar-refractivity contribution < 1.29 is 9.53 Å². The van der Waals surface area contributed by atoms with Crippen molar-refractivity contribution in [2.75, 3.05) is 13.7 Å². The number of methoxy groups -OCH3 is 1. The number of carbonyl (C=O) groups excluding carboxylic acids is 1. The highest BCUT2D eigenvalue weighted by atomic mass is 16.5. The van der Waals surface area contributed by atoms with Gasteiger partial charge < -0.3 is 10.1 Å². The number of ether oxygens (including phenoxy) is 1. The molecule has 1 heterocycles. The molecule has 0 saturated heterocycles. The fraction of sp³-hybridized carbons (Fsp3) is 0.200. The highest BCUT2D eigenvalue weighted by molar-refractivity contribution is 5.93. The standard InChI is InChI=1S/C15H15N3O2/c1-4-9-16-15(19)14-10-13(17-18(14)2)11-5-7-12(20-3)8-6-11/h1,5-8,10H,9H2,2-3H3,(H,16,19). The van der Waals surface area contributed by atoms with Gasteiger partial charge in [0.1, 0.15) is 11.4 Å². The molecule has 20 heavy (non-hydrogen) atoms. The topological polar surface area (TPSA) is 56.1 Å². The van der Waals surface area contributed by atoms with E-state index >= 15 is 0 Å². The van der Waals surface area contributed by atoms with Crippen LogP contribution in [0.3, 0.4) is 0 Å². The Balaban J connectivity index is 2.26. The largest absolute Gasteiger partial charge is 0.497 e. The van der Waals surface area contributed by atoms with Crippen molar-refractivity contribution in [3.05, 3.63) is 36.0 Å². The lowest BCUT2D eigenvalue weighted by atomic mass is 10.1. The molecule has 0 unspecified atom stereocenters. The number of terminal acetylenes is 1. The Morgan fingerprint density at radius 1 is 1.45 bits per heavy atom. The second-order valence-electron chi connectivity index (χ2n) is 4.15. The van der Waals surface area contributed by atoms with Crippen LogP contribution in [-0.2, 0) is 7.05 Å². The van der Waals surface area contributed by atoms with Gasteiger partial charge in [-0.05, 0) is 30.3 Å². The quantitative estimate of drug-likeness (QED) is 0.855. The van der Waals surface area contributed by atoms with Gasteiger partial charge in [-0.3, -0.25) is 9.48 Å².